The molecular weight excluding hydrogens is 711 g/mol. The maximum absolute atomic E-state index is 2.49. The van der Waals surface area contributed by atoms with Gasteiger partial charge >= 0.3 is 0 Å². The lowest BCUT2D eigenvalue weighted by molar-refractivity contribution is 0.661. The highest BCUT2D eigenvalue weighted by Crippen LogP contribution is 2.63. The highest BCUT2D eigenvalue weighted by Gasteiger charge is 2.50. The fourth-order valence-corrected chi connectivity index (χ4v) is 11.6. The predicted octanol–water partition coefficient (Wildman–Crippen LogP) is 14.8. The lowest BCUT2D eigenvalue weighted by Crippen LogP contribution is -2.29. The van der Waals surface area contributed by atoms with Gasteiger partial charge in [-0.05, 0) is 125 Å². The summed E-state index contributed by atoms with van der Waals surface area (Å²) in [5.74, 6) is 0. The summed E-state index contributed by atoms with van der Waals surface area (Å²) in [5.41, 5.74) is 24.1. The van der Waals surface area contributed by atoms with Crippen molar-refractivity contribution in [1.29, 1.82) is 0 Å². The number of benzene rings is 9. The molecule has 13 rings (SSSR count). The third-order valence-electron chi connectivity index (χ3n) is 14.0. The summed E-state index contributed by atoms with van der Waals surface area (Å²) in [6.45, 7) is 4.75. The minimum atomic E-state index is -0.512. The third kappa shape index (κ3) is 4.14. The highest BCUT2D eigenvalue weighted by molar-refractivity contribution is 6.13. The van der Waals surface area contributed by atoms with Crippen LogP contribution >= 0.6 is 0 Å². The molecule has 1 nitrogen and oxygen atoms in total. The van der Waals surface area contributed by atoms with E-state index in [1.54, 1.807) is 0 Å². The topological polar surface area (TPSA) is 4.93 Å². The molecule has 0 unspecified atom stereocenters. The Morgan fingerprint density at radius 3 is 1.47 bits per heavy atom. The second kappa shape index (κ2) is 11.7. The maximum atomic E-state index is 2.49. The molecule has 59 heavy (non-hydrogen) atoms. The minimum absolute atomic E-state index is 0.0895. The van der Waals surface area contributed by atoms with E-state index in [4.69, 9.17) is 0 Å². The van der Waals surface area contributed by atoms with Crippen LogP contribution in [0.3, 0.4) is 0 Å². The second-order valence-corrected chi connectivity index (χ2v) is 17.1. The molecular formula is C58H39N. The van der Waals surface area contributed by atoms with Crippen LogP contribution in [-0.2, 0) is 10.8 Å². The third-order valence-corrected chi connectivity index (χ3v) is 14.0. The van der Waals surface area contributed by atoms with E-state index in [2.05, 4.69) is 219 Å². The molecule has 0 aliphatic heterocycles. The molecule has 0 saturated carbocycles. The van der Waals surface area contributed by atoms with E-state index < -0.39 is 5.41 Å². The molecule has 1 heteroatoms. The zero-order valence-corrected chi connectivity index (χ0v) is 33.0. The van der Waals surface area contributed by atoms with E-state index in [0.717, 1.165) is 0 Å². The van der Waals surface area contributed by atoms with Crippen LogP contribution in [0, 0.1) is 0 Å². The molecule has 1 spiro atoms. The molecule has 1 aromatic heterocycles. The minimum Gasteiger partial charge on any atom is -0.309 e. The van der Waals surface area contributed by atoms with Crippen molar-refractivity contribution in [2.75, 3.05) is 0 Å². The molecule has 0 radical (unpaired) electrons. The second-order valence-electron chi connectivity index (χ2n) is 17.1. The van der Waals surface area contributed by atoms with E-state index in [1.165, 1.54) is 117 Å². The summed E-state index contributed by atoms with van der Waals surface area (Å²) in [6, 6.07) is 75.6. The van der Waals surface area contributed by atoms with E-state index in [-0.39, 0.29) is 5.41 Å². The van der Waals surface area contributed by atoms with Crippen LogP contribution in [0.15, 0.2) is 200 Å². The monoisotopic (exact) mass is 749 g/mol. The van der Waals surface area contributed by atoms with Gasteiger partial charge in [-0.3, -0.25) is 0 Å². The quantitative estimate of drug-likeness (QED) is 0.166. The van der Waals surface area contributed by atoms with Gasteiger partial charge in [-0.25, -0.2) is 0 Å². The Kier molecular flexibility index (Phi) is 6.50. The highest BCUT2D eigenvalue weighted by atomic mass is 15.0. The van der Waals surface area contributed by atoms with Gasteiger partial charge in [0.1, 0.15) is 0 Å². The van der Waals surface area contributed by atoms with Gasteiger partial charge in [0.05, 0.1) is 16.4 Å². The van der Waals surface area contributed by atoms with Crippen LogP contribution in [-0.4, -0.2) is 4.57 Å². The van der Waals surface area contributed by atoms with Gasteiger partial charge in [0.15, 0.2) is 0 Å². The standard InChI is InChI=1S/C58H39N/c1-57(2)48-26-12-8-23-43(48)45-34-47-46-33-36(31-32-54(46)59(55(47)35-53(45)57)37-17-4-3-5-18-37)38-25-16-30-52-56(38)44-24-11-15-29-51(44)58(52)49-27-13-9-21-41(49)39-19-6-7-20-40(39)42-22-10-14-28-50(42)58/h3-35H,1-2H3. The van der Waals surface area contributed by atoms with E-state index in [0.29, 0.717) is 0 Å². The lowest BCUT2D eigenvalue weighted by Gasteiger charge is -2.35. The Morgan fingerprint density at radius 2 is 0.814 bits per heavy atom. The number of fused-ring (bicyclic) bond motifs is 18. The summed E-state index contributed by atoms with van der Waals surface area (Å²) >= 11 is 0. The van der Waals surface area contributed by atoms with E-state index in [9.17, 15) is 0 Å². The molecule has 9 aromatic carbocycles. The predicted molar refractivity (Wildman–Crippen MR) is 246 cm³/mol. The van der Waals surface area contributed by atoms with E-state index >= 15 is 0 Å². The molecule has 0 N–H and O–H groups in total. The van der Waals surface area contributed by atoms with Crippen molar-refractivity contribution in [3.05, 3.63) is 234 Å². The SMILES string of the molecule is CC1(C)c2ccccc2-c2cc3c4cc(-c5cccc6c5-c5ccccc5C65c6ccccc6-c6ccccc6-c6ccccc65)ccc4n(-c4ccccc4)c3cc21. The smallest absolute Gasteiger partial charge is 0.0725 e. The summed E-state index contributed by atoms with van der Waals surface area (Å²) in [6.07, 6.45) is 0. The molecule has 3 aliphatic carbocycles. The number of hydrogen-bond donors (Lipinski definition) is 0. The molecule has 10 aromatic rings. The van der Waals surface area contributed by atoms with Gasteiger partial charge in [-0.15, -0.1) is 0 Å². The Bertz CT molecular complexity index is 3350. The Labute approximate surface area is 344 Å². The molecule has 0 bridgehead atoms. The van der Waals surface area contributed by atoms with Crippen LogP contribution in [0.2, 0.25) is 0 Å². The molecule has 0 saturated heterocycles. The van der Waals surface area contributed by atoms with Gasteiger partial charge in [-0.1, -0.05) is 178 Å². The fraction of sp³-hybridized carbons (Fsp3) is 0.0690. The lowest BCUT2D eigenvalue weighted by atomic mass is 9.66. The first-order valence-electron chi connectivity index (χ1n) is 20.9. The molecule has 0 amide bonds. The van der Waals surface area contributed by atoms with Crippen LogP contribution in [0.1, 0.15) is 47.2 Å². The molecule has 0 atom stereocenters. The average molecular weight is 750 g/mol. The molecule has 1 heterocycles. The van der Waals surface area contributed by atoms with E-state index in [1.807, 2.05) is 0 Å². The summed E-state index contributed by atoms with van der Waals surface area (Å²) in [7, 11) is 0. The Hall–Kier alpha value is -7.22. The fourth-order valence-electron chi connectivity index (χ4n) is 11.6. The van der Waals surface area contributed by atoms with Gasteiger partial charge in [0.2, 0.25) is 0 Å². The normalized spacial score (nSPS) is 14.5. The van der Waals surface area contributed by atoms with Gasteiger partial charge in [0.25, 0.3) is 0 Å². The van der Waals surface area contributed by atoms with Crippen molar-refractivity contribution in [2.45, 2.75) is 24.7 Å². The van der Waals surface area contributed by atoms with Crippen molar-refractivity contribution in [3.8, 4) is 61.3 Å². The zero-order chi connectivity index (χ0) is 39.0. The van der Waals surface area contributed by atoms with Crippen LogP contribution < -0.4 is 0 Å². The number of para-hydroxylation sites is 1. The van der Waals surface area contributed by atoms with Crippen molar-refractivity contribution >= 4 is 21.8 Å². The van der Waals surface area contributed by atoms with Crippen molar-refractivity contribution in [1.82, 2.24) is 4.57 Å². The number of hydrogen-bond acceptors (Lipinski definition) is 0. The first-order chi connectivity index (χ1) is 29.0. The van der Waals surface area contributed by atoms with Crippen LogP contribution in [0.4, 0.5) is 0 Å². The van der Waals surface area contributed by atoms with Crippen LogP contribution in [0.5, 0.6) is 0 Å². The summed E-state index contributed by atoms with van der Waals surface area (Å²) in [4.78, 5) is 0. The van der Waals surface area contributed by atoms with Crippen molar-refractivity contribution in [2.24, 2.45) is 0 Å². The van der Waals surface area contributed by atoms with Gasteiger partial charge in [0, 0.05) is 21.9 Å². The maximum Gasteiger partial charge on any atom is 0.0725 e. The van der Waals surface area contributed by atoms with Crippen molar-refractivity contribution in [3.63, 3.8) is 0 Å². The largest absolute Gasteiger partial charge is 0.309 e. The van der Waals surface area contributed by atoms with Crippen molar-refractivity contribution < 1.29 is 0 Å². The Balaban J connectivity index is 1.12. The molecule has 276 valence electrons. The summed E-state index contributed by atoms with van der Waals surface area (Å²) < 4.78 is 2.48. The zero-order valence-electron chi connectivity index (χ0n) is 33.0. The first kappa shape index (κ1) is 32.8. The molecule has 3 aliphatic rings. The van der Waals surface area contributed by atoms with Gasteiger partial charge in [-0.2, -0.15) is 0 Å². The Morgan fingerprint density at radius 1 is 0.322 bits per heavy atom. The first-order valence-corrected chi connectivity index (χ1v) is 20.9. The summed E-state index contributed by atoms with van der Waals surface area (Å²) in [5, 5.41) is 2.55. The number of nitrogens with zero attached hydrogens (tertiary/aromatic N) is 1. The number of rotatable bonds is 2. The molecule has 0 fully saturated rings. The average Bonchev–Trinajstić information content (AvgIpc) is 3.83. The van der Waals surface area contributed by atoms with Gasteiger partial charge < -0.3 is 4.57 Å². The van der Waals surface area contributed by atoms with Crippen LogP contribution in [0.25, 0.3) is 83.1 Å². The number of aromatic nitrogens is 1.